The normalized spacial score (nSPS) is 21.4. The molecule has 0 radical (unpaired) electrons. The van der Waals surface area contributed by atoms with E-state index >= 15 is 0 Å². The third kappa shape index (κ3) is 8.07. The minimum Gasteiger partial charge on any atom is -0.331 e. The molecule has 1 unspecified atom stereocenters. The van der Waals surface area contributed by atoms with E-state index in [1.165, 1.54) is 11.1 Å². The van der Waals surface area contributed by atoms with Gasteiger partial charge in [0.05, 0.1) is 17.9 Å². The summed E-state index contributed by atoms with van der Waals surface area (Å²) in [6.07, 6.45) is 14.3. The summed E-state index contributed by atoms with van der Waals surface area (Å²) >= 11 is 0. The van der Waals surface area contributed by atoms with Gasteiger partial charge in [0.15, 0.2) is 0 Å². The van der Waals surface area contributed by atoms with E-state index in [1.54, 1.807) is 54.7 Å². The van der Waals surface area contributed by atoms with Crippen LogP contribution in [-0.2, 0) is 16.1 Å². The van der Waals surface area contributed by atoms with Crippen molar-refractivity contribution in [2.45, 2.75) is 59.5 Å². The SMILES string of the molecule is CCC(C)[C@H]1\N=C(c2ccccc2)/C=C/C=C(C(=O)Nc2ccc(C)c(N3Cc4cnc(NC5=CN=C(C)CC5)nc4N(C)C3=O)c2)\C=C\NC1=O. The van der Waals surface area contributed by atoms with Crippen molar-refractivity contribution in [3.63, 3.8) is 0 Å². The Hall–Kier alpha value is -6.17. The van der Waals surface area contributed by atoms with Gasteiger partial charge in [-0.25, -0.2) is 9.78 Å². The van der Waals surface area contributed by atoms with Crippen LogP contribution in [0.1, 0.15) is 56.7 Å². The molecule has 6 rings (SSSR count). The third-order valence-corrected chi connectivity index (χ3v) is 9.31. The summed E-state index contributed by atoms with van der Waals surface area (Å²) in [6, 6.07) is 14.2. The van der Waals surface area contributed by atoms with Crippen molar-refractivity contribution in [2.24, 2.45) is 15.9 Å². The van der Waals surface area contributed by atoms with Crippen molar-refractivity contribution in [2.75, 3.05) is 27.5 Å². The standard InChI is InChI=1S/C40H43N9O3/c1-6-25(2)35-38(51)41-20-19-29(13-10-14-33(46-35)28-11-8-7-9-12-28)37(50)44-31-17-15-26(3)34(21-31)49-24-30-22-43-39(47-36(30)48(5)40(49)52)45-32-18-16-27(4)42-23-32/h7-15,17,19-23,25,35H,6,16,18,24H2,1-5H3,(H,41,51)(H,44,50)(H,43,45,47)/b14-10+,20-19+,29-13+,46-33+/t25?,35-/m1/s1. The zero-order valence-corrected chi connectivity index (χ0v) is 30.1. The molecule has 12 heteroatoms. The number of aliphatic imine (C=N–C) groups is 2. The Morgan fingerprint density at radius 1 is 1.08 bits per heavy atom. The quantitative estimate of drug-likeness (QED) is 0.235. The van der Waals surface area contributed by atoms with Crippen LogP contribution in [0.2, 0.25) is 0 Å². The number of allylic oxidation sites excluding steroid dienone is 4. The van der Waals surface area contributed by atoms with Crippen molar-refractivity contribution in [1.29, 1.82) is 0 Å². The Morgan fingerprint density at radius 2 is 1.88 bits per heavy atom. The van der Waals surface area contributed by atoms with Crippen LogP contribution in [0.25, 0.3) is 0 Å². The fourth-order valence-corrected chi connectivity index (χ4v) is 6.00. The number of rotatable bonds is 8. The number of aryl methyl sites for hydroxylation is 1. The van der Waals surface area contributed by atoms with E-state index in [9.17, 15) is 14.4 Å². The van der Waals surface area contributed by atoms with E-state index in [0.29, 0.717) is 34.4 Å². The Morgan fingerprint density at radius 3 is 2.63 bits per heavy atom. The first-order valence-electron chi connectivity index (χ1n) is 17.4. The van der Waals surface area contributed by atoms with E-state index in [0.717, 1.165) is 47.4 Å². The highest BCUT2D eigenvalue weighted by Gasteiger charge is 2.32. The molecule has 3 aliphatic rings. The summed E-state index contributed by atoms with van der Waals surface area (Å²) in [5.74, 6) is 0.286. The van der Waals surface area contributed by atoms with Gasteiger partial charge in [0.1, 0.15) is 11.9 Å². The molecule has 0 saturated heterocycles. The van der Waals surface area contributed by atoms with E-state index in [2.05, 4.69) is 30.9 Å². The minimum atomic E-state index is -0.608. The van der Waals surface area contributed by atoms with Crippen LogP contribution in [0.15, 0.2) is 113 Å². The second-order valence-corrected chi connectivity index (χ2v) is 13.1. The highest BCUT2D eigenvalue weighted by atomic mass is 16.2. The van der Waals surface area contributed by atoms with Crippen LogP contribution in [-0.4, -0.2) is 52.3 Å². The first-order valence-corrected chi connectivity index (χ1v) is 17.4. The van der Waals surface area contributed by atoms with Gasteiger partial charge in [-0.1, -0.05) is 62.7 Å². The van der Waals surface area contributed by atoms with E-state index < -0.39 is 11.9 Å². The molecule has 3 aliphatic heterocycles. The van der Waals surface area contributed by atoms with Crippen LogP contribution in [0.4, 0.5) is 27.9 Å². The van der Waals surface area contributed by atoms with Gasteiger partial charge in [-0.15, -0.1) is 0 Å². The maximum absolute atomic E-state index is 13.7. The summed E-state index contributed by atoms with van der Waals surface area (Å²) in [6.45, 7) is 8.19. The number of nitrogens with one attached hydrogen (secondary N) is 3. The number of carbonyl (C=O) groups is 3. The summed E-state index contributed by atoms with van der Waals surface area (Å²) in [4.78, 5) is 62.3. The molecule has 12 nitrogen and oxygen atoms in total. The molecule has 2 aromatic carbocycles. The molecule has 3 aromatic rings. The number of hydrogen-bond donors (Lipinski definition) is 3. The van der Waals surface area contributed by atoms with Crippen molar-refractivity contribution in [3.05, 3.63) is 119 Å². The molecule has 0 aliphatic carbocycles. The van der Waals surface area contributed by atoms with Crippen LogP contribution >= 0.6 is 0 Å². The molecule has 0 bridgehead atoms. The number of benzene rings is 2. The Bertz CT molecular complexity index is 2060. The second kappa shape index (κ2) is 15.8. The molecule has 3 N–H and O–H groups in total. The van der Waals surface area contributed by atoms with Crippen LogP contribution < -0.4 is 25.8 Å². The molecule has 4 amide bonds. The van der Waals surface area contributed by atoms with Gasteiger partial charge in [-0.2, -0.15) is 4.98 Å². The lowest BCUT2D eigenvalue weighted by molar-refractivity contribution is -0.122. The first-order chi connectivity index (χ1) is 25.1. The number of aromatic nitrogens is 2. The molecule has 52 heavy (non-hydrogen) atoms. The number of fused-ring (bicyclic) bond motifs is 1. The predicted octanol–water partition coefficient (Wildman–Crippen LogP) is 6.84. The van der Waals surface area contributed by atoms with Crippen LogP contribution in [0.3, 0.4) is 0 Å². The van der Waals surface area contributed by atoms with Crippen LogP contribution in [0, 0.1) is 12.8 Å². The van der Waals surface area contributed by atoms with Gasteiger partial charge in [0.25, 0.3) is 5.91 Å². The zero-order valence-electron chi connectivity index (χ0n) is 30.1. The largest absolute Gasteiger partial charge is 0.331 e. The summed E-state index contributed by atoms with van der Waals surface area (Å²) in [7, 11) is 1.68. The molecule has 0 spiro atoms. The number of urea groups is 1. The summed E-state index contributed by atoms with van der Waals surface area (Å²) < 4.78 is 0. The molecular formula is C40H43N9O3. The lowest BCUT2D eigenvalue weighted by atomic mass is 9.98. The molecule has 266 valence electrons. The van der Waals surface area contributed by atoms with Crippen LogP contribution in [0.5, 0.6) is 0 Å². The maximum atomic E-state index is 13.7. The first kappa shape index (κ1) is 35.6. The van der Waals surface area contributed by atoms with E-state index in [4.69, 9.17) is 4.99 Å². The number of nitrogens with zero attached hydrogens (tertiary/aromatic N) is 6. The highest BCUT2D eigenvalue weighted by molar-refractivity contribution is 6.11. The average Bonchev–Trinajstić information content (AvgIpc) is 3.19. The van der Waals surface area contributed by atoms with Gasteiger partial charge in [-0.05, 0) is 74.1 Å². The number of carbonyl (C=O) groups excluding carboxylic acids is 3. The fraction of sp³-hybridized carbons (Fsp3) is 0.275. The Labute approximate surface area is 303 Å². The van der Waals surface area contributed by atoms with E-state index in [-0.39, 0.29) is 24.4 Å². The lowest BCUT2D eigenvalue weighted by Gasteiger charge is -2.35. The topological polar surface area (TPSA) is 144 Å². The third-order valence-electron chi connectivity index (χ3n) is 9.31. The molecule has 4 heterocycles. The summed E-state index contributed by atoms with van der Waals surface area (Å²) in [5, 5.41) is 9.02. The lowest BCUT2D eigenvalue weighted by Crippen LogP contribution is -2.46. The molecule has 1 aromatic heterocycles. The van der Waals surface area contributed by atoms with Crippen molar-refractivity contribution in [1.82, 2.24) is 15.3 Å². The van der Waals surface area contributed by atoms with Gasteiger partial charge in [-0.3, -0.25) is 29.4 Å². The van der Waals surface area contributed by atoms with Crippen molar-refractivity contribution >= 4 is 52.4 Å². The Balaban J connectivity index is 1.22. The zero-order chi connectivity index (χ0) is 36.8. The number of hydrogen-bond acceptors (Lipinski definition) is 8. The van der Waals surface area contributed by atoms with Gasteiger partial charge < -0.3 is 16.0 Å². The fourth-order valence-electron chi connectivity index (χ4n) is 6.00. The average molecular weight is 698 g/mol. The van der Waals surface area contributed by atoms with Crippen molar-refractivity contribution in [3.8, 4) is 0 Å². The van der Waals surface area contributed by atoms with Crippen molar-refractivity contribution < 1.29 is 14.4 Å². The molecule has 0 fully saturated rings. The maximum Gasteiger partial charge on any atom is 0.330 e. The van der Waals surface area contributed by atoms with Gasteiger partial charge in [0.2, 0.25) is 11.9 Å². The number of amides is 4. The second-order valence-electron chi connectivity index (χ2n) is 13.1. The molecular weight excluding hydrogens is 655 g/mol. The summed E-state index contributed by atoms with van der Waals surface area (Å²) in [5.41, 5.74) is 6.59. The highest BCUT2D eigenvalue weighted by Crippen LogP contribution is 2.33. The number of anilines is 4. The smallest absolute Gasteiger partial charge is 0.330 e. The minimum absolute atomic E-state index is 0.000960. The van der Waals surface area contributed by atoms with E-state index in [1.807, 2.05) is 70.2 Å². The molecule has 2 atom stereocenters. The monoisotopic (exact) mass is 697 g/mol. The van der Waals surface area contributed by atoms with Gasteiger partial charge in [0, 0.05) is 53.9 Å². The molecule has 0 saturated carbocycles. The predicted molar refractivity (Wildman–Crippen MR) is 207 cm³/mol. The Kier molecular flexibility index (Phi) is 10.8. The van der Waals surface area contributed by atoms with Gasteiger partial charge >= 0.3 is 6.03 Å².